The molecule has 0 amide bonds. The number of phenolic OH excluding ortho intramolecular Hbond substituents is 2. The Morgan fingerprint density at radius 2 is 1.65 bits per heavy atom. The van der Waals surface area contributed by atoms with Crippen LogP contribution < -0.4 is 0 Å². The molecule has 0 spiro atoms. The van der Waals surface area contributed by atoms with E-state index in [4.69, 9.17) is 0 Å². The molecule has 2 rings (SSSR count). The molecule has 0 aromatic heterocycles. The van der Waals surface area contributed by atoms with Crippen LogP contribution in [0.1, 0.15) is 17.3 Å². The van der Waals surface area contributed by atoms with Crippen molar-refractivity contribution < 1.29 is 15.0 Å². The van der Waals surface area contributed by atoms with E-state index in [0.29, 0.717) is 11.1 Å². The van der Waals surface area contributed by atoms with Gasteiger partial charge in [0.2, 0.25) is 0 Å². The molecule has 0 heterocycles. The van der Waals surface area contributed by atoms with Gasteiger partial charge >= 0.3 is 0 Å². The highest BCUT2D eigenvalue weighted by molar-refractivity contribution is 5.94. The number of Topliss-reactive ketones (excluding diaryl/α,β-unsaturated/α-hetero) is 1. The molecule has 0 aliphatic heterocycles. The van der Waals surface area contributed by atoms with E-state index in [1.54, 1.807) is 30.3 Å². The van der Waals surface area contributed by atoms with Crippen molar-refractivity contribution in [3.63, 3.8) is 0 Å². The highest BCUT2D eigenvalue weighted by Crippen LogP contribution is 2.31. The van der Waals surface area contributed by atoms with Crippen LogP contribution in [0.25, 0.3) is 11.1 Å². The summed E-state index contributed by atoms with van der Waals surface area (Å²) in [6.07, 6.45) is 0. The maximum absolute atomic E-state index is 11.1. The van der Waals surface area contributed by atoms with Crippen molar-refractivity contribution in [3.8, 4) is 22.6 Å². The van der Waals surface area contributed by atoms with Crippen LogP contribution in [0.15, 0.2) is 42.5 Å². The largest absolute Gasteiger partial charge is 0.508 e. The van der Waals surface area contributed by atoms with Gasteiger partial charge in [-0.25, -0.2) is 0 Å². The van der Waals surface area contributed by atoms with Crippen molar-refractivity contribution in [3.05, 3.63) is 48.0 Å². The second-order valence-electron chi connectivity index (χ2n) is 3.83. The van der Waals surface area contributed by atoms with Gasteiger partial charge in [-0.2, -0.15) is 0 Å². The molecule has 17 heavy (non-hydrogen) atoms. The Bertz CT molecular complexity index is 556. The number of hydrogen-bond acceptors (Lipinski definition) is 3. The SMILES string of the molecule is CC(=O)c1ccc(-c2ccc(O)cc2O)cc1. The van der Waals surface area contributed by atoms with Gasteiger partial charge in [0.1, 0.15) is 11.5 Å². The highest BCUT2D eigenvalue weighted by atomic mass is 16.3. The fraction of sp³-hybridized carbons (Fsp3) is 0.0714. The summed E-state index contributed by atoms with van der Waals surface area (Å²) in [5.74, 6) is 0.0404. The zero-order valence-electron chi connectivity index (χ0n) is 9.34. The fourth-order valence-electron chi connectivity index (χ4n) is 1.65. The molecule has 0 saturated carbocycles. The number of benzene rings is 2. The van der Waals surface area contributed by atoms with E-state index >= 15 is 0 Å². The van der Waals surface area contributed by atoms with E-state index in [2.05, 4.69) is 0 Å². The number of ketones is 1. The second-order valence-corrected chi connectivity index (χ2v) is 3.83. The van der Waals surface area contributed by atoms with E-state index in [-0.39, 0.29) is 17.3 Å². The maximum atomic E-state index is 11.1. The van der Waals surface area contributed by atoms with Crippen LogP contribution in [-0.2, 0) is 0 Å². The molecule has 3 heteroatoms. The lowest BCUT2D eigenvalue weighted by Crippen LogP contribution is -1.90. The van der Waals surface area contributed by atoms with Crippen molar-refractivity contribution >= 4 is 5.78 Å². The molecule has 86 valence electrons. The Balaban J connectivity index is 2.43. The predicted octanol–water partition coefficient (Wildman–Crippen LogP) is 2.97. The van der Waals surface area contributed by atoms with E-state index in [0.717, 1.165) is 5.56 Å². The number of hydrogen-bond donors (Lipinski definition) is 2. The Hall–Kier alpha value is -2.29. The van der Waals surface area contributed by atoms with Gasteiger partial charge in [-0.1, -0.05) is 24.3 Å². The molecule has 2 N–H and O–H groups in total. The first-order valence-electron chi connectivity index (χ1n) is 5.21. The number of aromatic hydroxyl groups is 2. The third kappa shape index (κ3) is 2.28. The van der Waals surface area contributed by atoms with Gasteiger partial charge in [0.25, 0.3) is 0 Å². The first kappa shape index (κ1) is 11.2. The van der Waals surface area contributed by atoms with E-state index < -0.39 is 0 Å². The number of carbonyl (C=O) groups is 1. The molecule has 0 aliphatic carbocycles. The summed E-state index contributed by atoms with van der Waals surface area (Å²) in [6, 6.07) is 11.4. The maximum Gasteiger partial charge on any atom is 0.159 e. The number of rotatable bonds is 2. The minimum absolute atomic E-state index is 0.00600. The van der Waals surface area contributed by atoms with Crippen molar-refractivity contribution in [2.75, 3.05) is 0 Å². The molecule has 3 nitrogen and oxygen atoms in total. The molecule has 0 saturated heterocycles. The van der Waals surface area contributed by atoms with Crippen LogP contribution >= 0.6 is 0 Å². The molecule has 0 radical (unpaired) electrons. The molecular weight excluding hydrogens is 216 g/mol. The van der Waals surface area contributed by atoms with Crippen LogP contribution in [0.4, 0.5) is 0 Å². The number of phenols is 2. The second kappa shape index (κ2) is 4.29. The van der Waals surface area contributed by atoms with Gasteiger partial charge in [0, 0.05) is 17.2 Å². The highest BCUT2D eigenvalue weighted by Gasteiger charge is 2.06. The zero-order valence-corrected chi connectivity index (χ0v) is 9.34. The minimum Gasteiger partial charge on any atom is -0.508 e. The zero-order chi connectivity index (χ0) is 12.4. The summed E-state index contributed by atoms with van der Waals surface area (Å²) in [5.41, 5.74) is 2.05. The molecule has 0 atom stereocenters. The van der Waals surface area contributed by atoms with Gasteiger partial charge in [0.15, 0.2) is 5.78 Å². The Kier molecular flexibility index (Phi) is 2.83. The number of carbonyl (C=O) groups excluding carboxylic acids is 1. The van der Waals surface area contributed by atoms with E-state index in [1.807, 2.05) is 0 Å². The average molecular weight is 228 g/mol. The topological polar surface area (TPSA) is 57.5 Å². The summed E-state index contributed by atoms with van der Waals surface area (Å²) in [6.45, 7) is 1.51. The molecule has 0 aliphatic rings. The van der Waals surface area contributed by atoms with Gasteiger partial charge < -0.3 is 10.2 Å². The van der Waals surface area contributed by atoms with Crippen LogP contribution in [0.3, 0.4) is 0 Å². The standard InChI is InChI=1S/C14H12O3/c1-9(15)10-2-4-11(5-3-10)13-7-6-12(16)8-14(13)17/h2-8,16-17H,1H3. The Morgan fingerprint density at radius 3 is 2.18 bits per heavy atom. The molecular formula is C14H12O3. The molecule has 2 aromatic rings. The van der Waals surface area contributed by atoms with Gasteiger partial charge in [-0.15, -0.1) is 0 Å². The smallest absolute Gasteiger partial charge is 0.159 e. The van der Waals surface area contributed by atoms with Crippen LogP contribution in [0, 0.1) is 0 Å². The third-order valence-corrected chi connectivity index (χ3v) is 2.58. The lowest BCUT2D eigenvalue weighted by molar-refractivity contribution is 0.101. The van der Waals surface area contributed by atoms with Crippen LogP contribution in [-0.4, -0.2) is 16.0 Å². The van der Waals surface area contributed by atoms with Gasteiger partial charge in [-0.3, -0.25) is 4.79 Å². The van der Waals surface area contributed by atoms with Crippen molar-refractivity contribution in [1.29, 1.82) is 0 Å². The normalized spacial score (nSPS) is 10.2. The summed E-state index contributed by atoms with van der Waals surface area (Å²) >= 11 is 0. The first-order chi connectivity index (χ1) is 8.08. The van der Waals surface area contributed by atoms with E-state index in [9.17, 15) is 15.0 Å². The first-order valence-corrected chi connectivity index (χ1v) is 5.21. The lowest BCUT2D eigenvalue weighted by Gasteiger charge is -2.05. The predicted molar refractivity (Wildman–Crippen MR) is 65.2 cm³/mol. The summed E-state index contributed by atoms with van der Waals surface area (Å²) in [5, 5.41) is 18.9. The third-order valence-electron chi connectivity index (χ3n) is 2.58. The average Bonchev–Trinajstić information content (AvgIpc) is 2.29. The molecule has 0 fully saturated rings. The van der Waals surface area contributed by atoms with Crippen LogP contribution in [0.5, 0.6) is 11.5 Å². The van der Waals surface area contributed by atoms with Crippen molar-refractivity contribution in [2.45, 2.75) is 6.92 Å². The monoisotopic (exact) mass is 228 g/mol. The lowest BCUT2D eigenvalue weighted by atomic mass is 10.0. The quantitative estimate of drug-likeness (QED) is 0.777. The Labute approximate surface area is 99.0 Å². The minimum atomic E-state index is 0.00600. The molecule has 0 bridgehead atoms. The Morgan fingerprint density at radius 1 is 1.00 bits per heavy atom. The van der Waals surface area contributed by atoms with Crippen LogP contribution in [0.2, 0.25) is 0 Å². The summed E-state index contributed by atoms with van der Waals surface area (Å²) < 4.78 is 0. The molecule has 0 unspecified atom stereocenters. The fourth-order valence-corrected chi connectivity index (χ4v) is 1.65. The van der Waals surface area contributed by atoms with Crippen molar-refractivity contribution in [1.82, 2.24) is 0 Å². The molecule has 2 aromatic carbocycles. The van der Waals surface area contributed by atoms with Crippen molar-refractivity contribution in [2.24, 2.45) is 0 Å². The summed E-state index contributed by atoms with van der Waals surface area (Å²) in [4.78, 5) is 11.1. The summed E-state index contributed by atoms with van der Waals surface area (Å²) in [7, 11) is 0. The van der Waals surface area contributed by atoms with Gasteiger partial charge in [0.05, 0.1) is 0 Å². The van der Waals surface area contributed by atoms with Gasteiger partial charge in [-0.05, 0) is 24.6 Å². The van der Waals surface area contributed by atoms with E-state index in [1.165, 1.54) is 19.1 Å².